The predicted molar refractivity (Wildman–Crippen MR) is 485 cm³/mol. The number of hydrogen-bond acceptors (Lipinski definition) is 24. The third-order valence-electron chi connectivity index (χ3n) is 24.4. The highest BCUT2D eigenvalue weighted by molar-refractivity contribution is 7.17. The fourth-order valence-electron chi connectivity index (χ4n) is 17.8. The average molecular weight is 1710 g/mol. The minimum Gasteiger partial charge on any atom is -0.464 e. The van der Waals surface area contributed by atoms with Gasteiger partial charge in [-0.3, -0.25) is 24.0 Å². The summed E-state index contributed by atoms with van der Waals surface area (Å²) in [4.78, 5) is 97.3. The van der Waals surface area contributed by atoms with Crippen molar-refractivity contribution < 1.29 is 53.9 Å². The van der Waals surface area contributed by atoms with Gasteiger partial charge in [0.05, 0.1) is 46.3 Å². The van der Waals surface area contributed by atoms with Crippen LogP contribution in [0.15, 0.2) is 253 Å². The quantitative estimate of drug-likeness (QED) is 0.107. The first-order chi connectivity index (χ1) is 59.1. The van der Waals surface area contributed by atoms with Crippen LogP contribution in [0.5, 0.6) is 0 Å². The third kappa shape index (κ3) is 13.6. The first-order valence-electron chi connectivity index (χ1n) is 40.2. The van der Waals surface area contributed by atoms with Crippen LogP contribution < -0.4 is 24.5 Å². The van der Waals surface area contributed by atoms with Gasteiger partial charge >= 0.3 is 0 Å². The summed E-state index contributed by atoms with van der Waals surface area (Å²) in [6.07, 6.45) is 3.30. The van der Waals surface area contributed by atoms with Crippen LogP contribution in [0, 0.1) is 45.9 Å². The number of amidine groups is 5. The van der Waals surface area contributed by atoms with Gasteiger partial charge in [0.15, 0.2) is 28.0 Å². The molecule has 0 amide bonds. The number of carbonyl (C=O) groups excluding carboxylic acids is 5. The van der Waals surface area contributed by atoms with Gasteiger partial charge in [0, 0.05) is 146 Å². The molecule has 5 N–H and O–H groups in total. The number of hydrogen-bond donors (Lipinski definition) is 5. The number of aryl methyl sites for hydroxylation is 5. The third-order valence-corrected chi connectivity index (χ3v) is 26.7. The zero-order chi connectivity index (χ0) is 85.5. The van der Waals surface area contributed by atoms with Crippen molar-refractivity contribution in [3.63, 3.8) is 0 Å². The highest BCUT2D eigenvalue weighted by Gasteiger charge is 2.57. The number of carbonyl (C=O) groups is 5. The fraction of sp³-hybridized carbons (Fsp3) is 0.206. The molecule has 22 nitrogen and oxygen atoms in total. The van der Waals surface area contributed by atoms with Crippen LogP contribution in [0.1, 0.15) is 117 Å². The van der Waals surface area contributed by atoms with Crippen LogP contribution in [0.4, 0.5) is 56.9 Å². The zero-order valence-electron chi connectivity index (χ0n) is 67.1. The van der Waals surface area contributed by atoms with Crippen LogP contribution >= 0.6 is 45.9 Å². The van der Waals surface area contributed by atoms with Crippen LogP contribution in [-0.2, 0) is 0 Å². The number of anilines is 5. The average Bonchev–Trinajstić information content (AvgIpc) is 1.63. The number of nitriles is 1. The van der Waals surface area contributed by atoms with E-state index in [-0.39, 0.29) is 35.3 Å². The van der Waals surface area contributed by atoms with Gasteiger partial charge in [-0.25, -0.2) is 25.0 Å². The predicted octanol–water partition coefficient (Wildman–Crippen LogP) is 18.7. The maximum Gasteiger partial charge on any atom is 0.204 e. The zero-order valence-corrected chi connectivity index (χ0v) is 70.3. The van der Waals surface area contributed by atoms with Gasteiger partial charge in [0.1, 0.15) is 34.8 Å². The molecule has 123 heavy (non-hydrogen) atoms. The number of Topliss-reactive ketones (excluding diaryl/α,β-unsaturated/α-hetero) is 5. The summed E-state index contributed by atoms with van der Waals surface area (Å²) in [7, 11) is 0. The Kier molecular flexibility index (Phi) is 19.8. The summed E-state index contributed by atoms with van der Waals surface area (Å²) in [6.45, 7) is 12.3. The first-order valence-corrected chi connectivity index (χ1v) is 42.7. The molecule has 0 unspecified atom stereocenters. The number of nitrogens with zero attached hydrogens (tertiary/aromatic N) is 11. The molecule has 0 spiro atoms. The number of fused-ring (bicyclic) bond motifs is 13. The van der Waals surface area contributed by atoms with E-state index in [1.165, 1.54) is 14.8 Å². The lowest BCUT2D eigenvalue weighted by Gasteiger charge is -2.29. The van der Waals surface area contributed by atoms with Gasteiger partial charge in [-0.15, -0.1) is 22.7 Å². The van der Waals surface area contributed by atoms with Gasteiger partial charge in [-0.05, 0) is 238 Å². The van der Waals surface area contributed by atoms with Gasteiger partial charge in [-0.1, -0.05) is 75.8 Å². The summed E-state index contributed by atoms with van der Waals surface area (Å²) < 4.78 is 7.79. The Labute approximate surface area is 723 Å². The standard InChI is InChI=1S/C20H16N2O3.2C20H16N2O2S.C19H14ClN3O2.C18H15ClN2O2/c1-12-2-4-16-15(10-12)18(23)20(24)7-8-22(19(20)21-16)14-3-5-17-13(11-14)6-9-25-17;1-12-2-5-16-15(10-12)18(23)20(24)7-8-22(19(20)21-16)14-4-3-13-6-9-25-17(13)11-14;1-12-2-4-16-15(10-12)18(23)20(24)7-8-22(19(20)21-16)14-3-5-17-13(11-14)6-9-25-17;1-11-8-14(4-2-12(11)10-21)23-7-6-19(25)17(24)15-9-13(20)3-5-16(15)22-18(19)23;1-11-2-7-15-14(10-11)16(22)18(23)8-9-21(17(18)20-15)13-5-3-12(19)4-6-13/h3*2-6,9-11,24H,7-8H2,1H3;2-5,8-9,25H,6-7H2,1H3;2-7,10,23H,8-9H2,1H3/t3*20-;19-;18-/m11111/s1. The largest absolute Gasteiger partial charge is 0.464 e. The Balaban J connectivity index is 0.000000101. The van der Waals surface area contributed by atoms with E-state index in [0.29, 0.717) is 159 Å². The maximum absolute atomic E-state index is 13.0. The molecule has 5 saturated heterocycles. The second-order valence-electron chi connectivity index (χ2n) is 32.4. The fourth-order valence-corrected chi connectivity index (χ4v) is 19.7. The molecule has 13 heterocycles. The molecule has 0 bridgehead atoms. The molecule has 0 saturated carbocycles. The molecule has 5 fully saturated rings. The number of benzene rings is 10. The molecule has 0 radical (unpaired) electrons. The monoisotopic (exact) mass is 1710 g/mol. The number of aliphatic hydroxyl groups is 5. The molecule has 13 aromatic rings. The Hall–Kier alpha value is -12.8. The molecule has 0 aliphatic carbocycles. The lowest BCUT2D eigenvalue weighted by Crippen LogP contribution is -2.48. The molecule has 23 rings (SSSR count). The highest BCUT2D eigenvalue weighted by atomic mass is 35.5. The van der Waals surface area contributed by atoms with E-state index in [0.717, 1.165) is 72.6 Å². The molecular formula is C97H77Cl2N11O11S2. The van der Waals surface area contributed by atoms with E-state index < -0.39 is 28.0 Å². The molecule has 3 aromatic heterocycles. The van der Waals surface area contributed by atoms with Crippen molar-refractivity contribution in [3.8, 4) is 6.07 Å². The van der Waals surface area contributed by atoms with Gasteiger partial charge in [0.2, 0.25) is 28.9 Å². The Morgan fingerprint density at radius 2 is 0.691 bits per heavy atom. The molecule has 10 aliphatic rings. The van der Waals surface area contributed by atoms with E-state index in [1.54, 1.807) is 77.5 Å². The van der Waals surface area contributed by atoms with Crippen LogP contribution in [0.2, 0.25) is 10.0 Å². The maximum atomic E-state index is 13.0. The highest BCUT2D eigenvalue weighted by Crippen LogP contribution is 2.48. The Morgan fingerprint density at radius 1 is 0.350 bits per heavy atom. The number of furan rings is 1. The van der Waals surface area contributed by atoms with Crippen LogP contribution in [0.25, 0.3) is 31.1 Å². The second kappa shape index (κ2) is 30.4. The van der Waals surface area contributed by atoms with Crippen molar-refractivity contribution in [1.82, 2.24) is 0 Å². The number of ketones is 5. The van der Waals surface area contributed by atoms with E-state index >= 15 is 0 Å². The summed E-state index contributed by atoms with van der Waals surface area (Å²) in [5.41, 5.74) is 8.28. The number of halogens is 2. The van der Waals surface area contributed by atoms with E-state index in [4.69, 9.17) is 32.9 Å². The molecule has 5 atom stereocenters. The summed E-state index contributed by atoms with van der Waals surface area (Å²) in [5.74, 6) is 0.664. The lowest BCUT2D eigenvalue weighted by molar-refractivity contribution is 0.0600. The normalized spacial score (nSPS) is 22.1. The Morgan fingerprint density at radius 3 is 1.12 bits per heavy atom. The van der Waals surface area contributed by atoms with Crippen molar-refractivity contribution in [2.24, 2.45) is 25.0 Å². The first kappa shape index (κ1) is 80.0. The molecule has 26 heteroatoms. The smallest absolute Gasteiger partial charge is 0.204 e. The molecule has 10 aliphatic heterocycles. The van der Waals surface area contributed by atoms with E-state index in [2.05, 4.69) is 78.2 Å². The summed E-state index contributed by atoms with van der Waals surface area (Å²) in [5, 5.41) is 72.9. The number of aliphatic imine (C=N–C) groups is 5. The SMILES string of the molecule is Cc1cc(N2CC[C@@]3(O)C(=O)c4cc(Cl)ccc4N=C23)ccc1C#N.Cc1ccc2c(c1)C(=O)[C@]1(O)CCN(c3ccc(Cl)cc3)C1=N2.Cc1ccc2c(c1)C(=O)[C@]1(O)CCN(c3ccc4ccsc4c3)C1=N2.Cc1ccc2c(c1)C(=O)[C@]1(O)CCN(c3ccc4occc4c3)C1=N2.Cc1ccc2c(c1)C(=O)[C@]1(O)CCN(c3ccc4sccc4c3)C1=N2. The van der Waals surface area contributed by atoms with Crippen molar-refractivity contribution >= 4 is 192 Å². The van der Waals surface area contributed by atoms with E-state index in [9.17, 15) is 49.5 Å². The van der Waals surface area contributed by atoms with Crippen molar-refractivity contribution in [3.05, 3.63) is 295 Å². The van der Waals surface area contributed by atoms with Crippen molar-refractivity contribution in [2.75, 3.05) is 57.2 Å². The second-order valence-corrected chi connectivity index (χ2v) is 35.2. The minimum atomic E-state index is -1.64. The van der Waals surface area contributed by atoms with Gasteiger partial charge in [0.25, 0.3) is 0 Å². The lowest BCUT2D eigenvalue weighted by atomic mass is 9.87. The molecule has 612 valence electrons. The van der Waals surface area contributed by atoms with Gasteiger partial charge < -0.3 is 54.4 Å². The van der Waals surface area contributed by atoms with Crippen molar-refractivity contribution in [2.45, 2.75) is 94.7 Å². The number of rotatable bonds is 5. The molecule has 10 aromatic carbocycles. The number of thiophene rings is 2. The Bertz CT molecular complexity index is 6540. The summed E-state index contributed by atoms with van der Waals surface area (Å²) in [6, 6.07) is 66.4. The van der Waals surface area contributed by atoms with Crippen molar-refractivity contribution in [1.29, 1.82) is 5.26 Å². The summed E-state index contributed by atoms with van der Waals surface area (Å²) >= 11 is 15.3. The van der Waals surface area contributed by atoms with Crippen LogP contribution in [0.3, 0.4) is 0 Å². The van der Waals surface area contributed by atoms with E-state index in [1.807, 2.05) is 180 Å². The van der Waals surface area contributed by atoms with Gasteiger partial charge in [-0.2, -0.15) is 5.26 Å². The minimum absolute atomic E-state index is 0.240. The topological polar surface area (TPSA) is 301 Å². The molecular weight excluding hydrogens is 1630 g/mol. The van der Waals surface area contributed by atoms with Crippen LogP contribution in [-0.4, -0.2) is 144 Å².